The third-order valence-electron chi connectivity index (χ3n) is 2.09. The lowest BCUT2D eigenvalue weighted by Gasteiger charge is -2.08. The number of nitrogens with one attached hydrogen (secondary N) is 1. The molecule has 0 heterocycles. The Bertz CT molecular complexity index is 407. The van der Waals surface area contributed by atoms with Crippen LogP contribution in [0.2, 0.25) is 0 Å². The minimum absolute atomic E-state index is 0.386. The molecule has 0 spiro atoms. The van der Waals surface area contributed by atoms with E-state index in [1.54, 1.807) is 6.92 Å². The van der Waals surface area contributed by atoms with Gasteiger partial charge in [0.15, 0.2) is 0 Å². The van der Waals surface area contributed by atoms with Gasteiger partial charge in [-0.2, -0.15) is 0 Å². The maximum atomic E-state index is 11.8. The van der Waals surface area contributed by atoms with Crippen molar-refractivity contribution in [2.24, 2.45) is 0 Å². The molecule has 1 N–H and O–H groups in total. The molecule has 1 aromatic rings. The molecule has 0 saturated heterocycles. The molecule has 0 radical (unpaired) electrons. The van der Waals surface area contributed by atoms with E-state index in [1.807, 2.05) is 32.0 Å². The van der Waals surface area contributed by atoms with Crippen molar-refractivity contribution >= 4 is 9.73 Å². The summed E-state index contributed by atoms with van der Waals surface area (Å²) >= 11 is 0. The molecule has 0 amide bonds. The first-order chi connectivity index (χ1) is 5.97. The van der Waals surface area contributed by atoms with Gasteiger partial charge in [-0.15, -0.1) is 0 Å². The van der Waals surface area contributed by atoms with Crippen LogP contribution in [0.5, 0.6) is 0 Å². The van der Waals surface area contributed by atoms with Gasteiger partial charge in [-0.1, -0.05) is 24.6 Å². The second kappa shape index (κ2) is 3.50. The molecule has 0 saturated carbocycles. The molecule has 3 heteroatoms. The van der Waals surface area contributed by atoms with E-state index >= 15 is 0 Å². The molecule has 0 unspecified atom stereocenters. The monoisotopic (exact) mass is 197 g/mol. The van der Waals surface area contributed by atoms with E-state index in [0.29, 0.717) is 10.6 Å². The fourth-order valence-electron chi connectivity index (χ4n) is 1.32. The number of aryl methyl sites for hydroxylation is 2. The van der Waals surface area contributed by atoms with E-state index < -0.39 is 9.73 Å². The van der Waals surface area contributed by atoms with Gasteiger partial charge in [0.05, 0.1) is 14.6 Å². The average molecular weight is 197 g/mol. The van der Waals surface area contributed by atoms with Crippen LogP contribution in [0.3, 0.4) is 0 Å². The predicted molar refractivity (Wildman–Crippen MR) is 55.6 cm³/mol. The van der Waals surface area contributed by atoms with Gasteiger partial charge in [-0.05, 0) is 25.5 Å². The van der Waals surface area contributed by atoms with Crippen LogP contribution in [0.1, 0.15) is 18.1 Å². The van der Waals surface area contributed by atoms with Crippen LogP contribution in [-0.2, 0) is 9.73 Å². The predicted octanol–water partition coefficient (Wildman–Crippen LogP) is 2.73. The van der Waals surface area contributed by atoms with Gasteiger partial charge in [0.2, 0.25) is 0 Å². The highest BCUT2D eigenvalue weighted by atomic mass is 32.2. The Hall–Kier alpha value is -0.830. The second-order valence-electron chi connectivity index (χ2n) is 3.23. The van der Waals surface area contributed by atoms with Crippen LogP contribution in [-0.4, -0.2) is 9.96 Å². The molecule has 1 aromatic carbocycles. The molecule has 0 aliphatic rings. The Morgan fingerprint density at radius 3 is 2.46 bits per heavy atom. The molecule has 0 aliphatic carbocycles. The first-order valence-corrected chi connectivity index (χ1v) is 6.04. The number of hydrogen-bond acceptors (Lipinski definition) is 2. The van der Waals surface area contributed by atoms with E-state index in [-0.39, 0.29) is 0 Å². The second-order valence-corrected chi connectivity index (χ2v) is 5.60. The van der Waals surface area contributed by atoms with Gasteiger partial charge in [0, 0.05) is 5.75 Å². The SMILES string of the molecule is CC[S@@](=N)(=O)c1ccc(C)cc1C. The number of rotatable bonds is 2. The summed E-state index contributed by atoms with van der Waals surface area (Å²) < 4.78 is 19.4. The van der Waals surface area contributed by atoms with Crippen LogP contribution >= 0.6 is 0 Å². The van der Waals surface area contributed by atoms with Crippen molar-refractivity contribution in [3.8, 4) is 0 Å². The van der Waals surface area contributed by atoms with Crippen molar-refractivity contribution in [3.63, 3.8) is 0 Å². The normalized spacial score (nSPS) is 15.3. The topological polar surface area (TPSA) is 40.9 Å². The van der Waals surface area contributed by atoms with Gasteiger partial charge in [-0.25, -0.2) is 8.99 Å². The Morgan fingerprint density at radius 2 is 2.00 bits per heavy atom. The van der Waals surface area contributed by atoms with Crippen LogP contribution in [0.15, 0.2) is 23.1 Å². The largest absolute Gasteiger partial charge is 0.249 e. The quantitative estimate of drug-likeness (QED) is 0.778. The van der Waals surface area contributed by atoms with Crippen molar-refractivity contribution in [1.29, 1.82) is 4.78 Å². The van der Waals surface area contributed by atoms with Crippen molar-refractivity contribution in [3.05, 3.63) is 29.3 Å². The first-order valence-electron chi connectivity index (χ1n) is 4.31. The van der Waals surface area contributed by atoms with E-state index in [9.17, 15) is 4.21 Å². The van der Waals surface area contributed by atoms with E-state index in [0.717, 1.165) is 11.1 Å². The molecular formula is C10H15NOS. The van der Waals surface area contributed by atoms with Crippen LogP contribution in [0.25, 0.3) is 0 Å². The van der Waals surface area contributed by atoms with Crippen molar-refractivity contribution in [2.75, 3.05) is 5.75 Å². The molecule has 0 fully saturated rings. The fraction of sp³-hybridized carbons (Fsp3) is 0.400. The summed E-state index contributed by atoms with van der Waals surface area (Å²) in [6, 6.07) is 5.69. The molecule has 0 aromatic heterocycles. The zero-order valence-electron chi connectivity index (χ0n) is 8.26. The first kappa shape index (κ1) is 10.3. The van der Waals surface area contributed by atoms with Crippen molar-refractivity contribution in [2.45, 2.75) is 25.7 Å². The minimum Gasteiger partial charge on any atom is -0.249 e. The van der Waals surface area contributed by atoms with Gasteiger partial charge >= 0.3 is 0 Å². The molecule has 0 bridgehead atoms. The van der Waals surface area contributed by atoms with Crippen LogP contribution in [0.4, 0.5) is 0 Å². The Morgan fingerprint density at radius 1 is 1.38 bits per heavy atom. The minimum atomic E-state index is -2.55. The fourth-order valence-corrected chi connectivity index (χ4v) is 2.50. The zero-order chi connectivity index (χ0) is 10.1. The number of benzene rings is 1. The maximum Gasteiger partial charge on any atom is 0.0725 e. The molecule has 13 heavy (non-hydrogen) atoms. The van der Waals surface area contributed by atoms with Gasteiger partial charge < -0.3 is 0 Å². The van der Waals surface area contributed by atoms with Gasteiger partial charge in [0.1, 0.15) is 0 Å². The summed E-state index contributed by atoms with van der Waals surface area (Å²) in [5, 5.41) is 0. The molecule has 1 atom stereocenters. The molecule has 0 aliphatic heterocycles. The summed E-state index contributed by atoms with van der Waals surface area (Å²) in [6.45, 7) is 5.69. The average Bonchev–Trinajstić information content (AvgIpc) is 2.03. The maximum absolute atomic E-state index is 11.8. The zero-order valence-corrected chi connectivity index (χ0v) is 9.07. The Kier molecular flexibility index (Phi) is 2.76. The summed E-state index contributed by atoms with van der Waals surface area (Å²) in [7, 11) is -2.55. The molecule has 72 valence electrons. The highest BCUT2D eigenvalue weighted by molar-refractivity contribution is 7.92. The van der Waals surface area contributed by atoms with Gasteiger partial charge in [-0.3, -0.25) is 0 Å². The van der Waals surface area contributed by atoms with E-state index in [4.69, 9.17) is 4.78 Å². The van der Waals surface area contributed by atoms with Crippen LogP contribution < -0.4 is 0 Å². The summed E-state index contributed by atoms with van der Waals surface area (Å²) in [6.07, 6.45) is 0. The molecular weight excluding hydrogens is 182 g/mol. The Balaban J connectivity index is 3.33. The third kappa shape index (κ3) is 2.10. The lowest BCUT2D eigenvalue weighted by atomic mass is 10.2. The van der Waals surface area contributed by atoms with Gasteiger partial charge in [0.25, 0.3) is 0 Å². The van der Waals surface area contributed by atoms with Crippen LogP contribution in [0, 0.1) is 18.6 Å². The number of hydrogen-bond donors (Lipinski definition) is 1. The lowest BCUT2D eigenvalue weighted by Crippen LogP contribution is -2.03. The standard InChI is InChI=1S/C10H15NOS/c1-4-13(11,12)10-6-5-8(2)7-9(10)3/h5-7,11H,4H2,1-3H3/t13-/m1/s1. The van der Waals surface area contributed by atoms with Crippen molar-refractivity contribution < 1.29 is 4.21 Å². The van der Waals surface area contributed by atoms with E-state index in [2.05, 4.69) is 0 Å². The third-order valence-corrected chi connectivity index (χ3v) is 4.07. The van der Waals surface area contributed by atoms with Crippen molar-refractivity contribution in [1.82, 2.24) is 0 Å². The highest BCUT2D eigenvalue weighted by Crippen LogP contribution is 2.18. The Labute approximate surface area is 80.0 Å². The molecule has 2 nitrogen and oxygen atoms in total. The smallest absolute Gasteiger partial charge is 0.0725 e. The summed E-state index contributed by atoms with van der Waals surface area (Å²) in [4.78, 5) is 0.681. The highest BCUT2D eigenvalue weighted by Gasteiger charge is 2.09. The molecule has 1 rings (SSSR count). The van der Waals surface area contributed by atoms with E-state index in [1.165, 1.54) is 0 Å². The summed E-state index contributed by atoms with van der Waals surface area (Å²) in [5.41, 5.74) is 2.11. The lowest BCUT2D eigenvalue weighted by molar-refractivity contribution is 0.675. The summed E-state index contributed by atoms with van der Waals surface area (Å²) in [5.74, 6) is 0.386.